The van der Waals surface area contributed by atoms with Crippen LogP contribution in [0.25, 0.3) is 6.08 Å². The van der Waals surface area contributed by atoms with E-state index in [4.69, 9.17) is 37.8 Å². The molecule has 0 saturated heterocycles. The Bertz CT molecular complexity index is 368. The van der Waals surface area contributed by atoms with Crippen molar-refractivity contribution in [1.29, 1.82) is 0 Å². The Morgan fingerprint density at radius 3 is 2.47 bits per heavy atom. The second-order valence-electron chi connectivity index (χ2n) is 3.27. The van der Waals surface area contributed by atoms with Gasteiger partial charge in [-0.15, -0.1) is 0 Å². The number of aliphatic hydroxyl groups excluding tert-OH is 1. The summed E-state index contributed by atoms with van der Waals surface area (Å²) in [7, 11) is 1.54. The monoisotopic (exact) mass is 276 g/mol. The van der Waals surface area contributed by atoms with Gasteiger partial charge in [-0.1, -0.05) is 35.4 Å². The molecule has 3 nitrogen and oxygen atoms in total. The highest BCUT2D eigenvalue weighted by atomic mass is 35.5. The Morgan fingerprint density at radius 2 is 1.94 bits per heavy atom. The van der Waals surface area contributed by atoms with Crippen LogP contribution >= 0.6 is 23.2 Å². The molecule has 0 bridgehead atoms. The second-order valence-corrected chi connectivity index (χ2v) is 4.08. The van der Waals surface area contributed by atoms with E-state index in [-0.39, 0.29) is 13.4 Å². The quantitative estimate of drug-likeness (QED) is 0.810. The summed E-state index contributed by atoms with van der Waals surface area (Å²) in [6.07, 6.45) is 4.15. The third kappa shape index (κ3) is 4.56. The summed E-state index contributed by atoms with van der Waals surface area (Å²) in [6.45, 7) is 0.243. The number of aliphatic hydroxyl groups is 1. The van der Waals surface area contributed by atoms with Crippen LogP contribution in [0, 0.1) is 0 Å². The van der Waals surface area contributed by atoms with Crippen LogP contribution < -0.4 is 4.74 Å². The number of benzene rings is 1. The number of ether oxygens (including phenoxy) is 2. The van der Waals surface area contributed by atoms with E-state index >= 15 is 0 Å². The van der Waals surface area contributed by atoms with Gasteiger partial charge < -0.3 is 14.6 Å². The van der Waals surface area contributed by atoms with Crippen LogP contribution in [-0.4, -0.2) is 25.6 Å². The molecule has 0 radical (unpaired) electrons. The van der Waals surface area contributed by atoms with Gasteiger partial charge in [-0.3, -0.25) is 0 Å². The Hall–Kier alpha value is -0.740. The van der Waals surface area contributed by atoms with Gasteiger partial charge in [-0.05, 0) is 18.6 Å². The minimum absolute atomic E-state index is 0.0980. The molecular formula is C12H14Cl2O3. The number of rotatable bonds is 6. The molecule has 0 atom stereocenters. The van der Waals surface area contributed by atoms with Crippen LogP contribution in [-0.2, 0) is 4.74 Å². The molecule has 0 aliphatic rings. The van der Waals surface area contributed by atoms with E-state index in [1.54, 1.807) is 18.2 Å². The number of hydrogen-bond acceptors (Lipinski definition) is 3. The first kappa shape index (κ1) is 14.3. The normalized spacial score (nSPS) is 11.1. The summed E-state index contributed by atoms with van der Waals surface area (Å²) in [5.74, 6) is 0.557. The summed E-state index contributed by atoms with van der Waals surface area (Å²) in [4.78, 5) is 0. The zero-order valence-corrected chi connectivity index (χ0v) is 11.0. The minimum Gasteiger partial charge on any atom is -0.467 e. The Labute approximate surface area is 111 Å². The standard InChI is InChI=1S/C12H14Cl2O3/c1-16-8-17-9-6-11(13)10(12(14)7-9)4-2-3-5-15/h2,4,6-7,15H,3,5,8H2,1H3. The van der Waals surface area contributed by atoms with E-state index in [0.717, 1.165) is 0 Å². The summed E-state index contributed by atoms with van der Waals surface area (Å²) < 4.78 is 10.0. The van der Waals surface area contributed by atoms with E-state index in [1.807, 2.05) is 6.08 Å². The molecule has 0 heterocycles. The zero-order chi connectivity index (χ0) is 12.7. The minimum atomic E-state index is 0.0980. The van der Waals surface area contributed by atoms with Crippen molar-refractivity contribution in [2.75, 3.05) is 20.5 Å². The first-order chi connectivity index (χ1) is 8.19. The number of hydrogen-bond donors (Lipinski definition) is 1. The van der Waals surface area contributed by atoms with Gasteiger partial charge in [-0.2, -0.15) is 0 Å². The molecule has 1 rings (SSSR count). The summed E-state index contributed by atoms with van der Waals surface area (Å²) >= 11 is 12.1. The van der Waals surface area contributed by atoms with Crippen molar-refractivity contribution in [2.45, 2.75) is 6.42 Å². The molecule has 94 valence electrons. The lowest BCUT2D eigenvalue weighted by molar-refractivity contribution is 0.0511. The molecule has 1 N–H and O–H groups in total. The van der Waals surface area contributed by atoms with E-state index in [1.165, 1.54) is 7.11 Å². The lowest BCUT2D eigenvalue weighted by Crippen LogP contribution is -1.99. The molecule has 1 aromatic carbocycles. The molecule has 0 saturated carbocycles. The van der Waals surface area contributed by atoms with E-state index in [9.17, 15) is 0 Å². The first-order valence-corrected chi connectivity index (χ1v) is 5.82. The molecule has 0 spiro atoms. The Balaban J connectivity index is 2.86. The zero-order valence-electron chi connectivity index (χ0n) is 9.45. The Morgan fingerprint density at radius 1 is 1.29 bits per heavy atom. The van der Waals surface area contributed by atoms with Crippen molar-refractivity contribution in [3.8, 4) is 5.75 Å². The predicted octanol–water partition coefficient (Wildman–Crippen LogP) is 3.37. The SMILES string of the molecule is COCOc1cc(Cl)c(C=CCCO)c(Cl)c1. The summed E-state index contributed by atoms with van der Waals surface area (Å²) in [5.41, 5.74) is 0.714. The maximum Gasteiger partial charge on any atom is 0.188 e. The predicted molar refractivity (Wildman–Crippen MR) is 69.7 cm³/mol. The van der Waals surface area contributed by atoms with E-state index in [2.05, 4.69) is 0 Å². The molecule has 0 unspecified atom stereocenters. The molecular weight excluding hydrogens is 263 g/mol. The lowest BCUT2D eigenvalue weighted by Gasteiger charge is -2.08. The third-order valence-corrected chi connectivity index (χ3v) is 2.60. The number of halogens is 2. The van der Waals surface area contributed by atoms with Crippen LogP contribution in [0.1, 0.15) is 12.0 Å². The van der Waals surface area contributed by atoms with Crippen molar-refractivity contribution in [3.63, 3.8) is 0 Å². The van der Waals surface area contributed by atoms with E-state index < -0.39 is 0 Å². The fourth-order valence-electron chi connectivity index (χ4n) is 1.21. The van der Waals surface area contributed by atoms with Crippen molar-refractivity contribution >= 4 is 29.3 Å². The molecule has 0 aliphatic heterocycles. The third-order valence-electron chi connectivity index (χ3n) is 1.98. The molecule has 0 amide bonds. The fourth-order valence-corrected chi connectivity index (χ4v) is 1.80. The van der Waals surface area contributed by atoms with Gasteiger partial charge in [0.15, 0.2) is 6.79 Å². The van der Waals surface area contributed by atoms with Crippen molar-refractivity contribution in [1.82, 2.24) is 0 Å². The van der Waals surface area contributed by atoms with Crippen molar-refractivity contribution in [3.05, 3.63) is 33.8 Å². The van der Waals surface area contributed by atoms with Gasteiger partial charge in [0.2, 0.25) is 0 Å². The average molecular weight is 277 g/mol. The highest BCUT2D eigenvalue weighted by molar-refractivity contribution is 6.37. The van der Waals surface area contributed by atoms with Gasteiger partial charge in [0.05, 0.1) is 10.0 Å². The molecule has 0 aliphatic carbocycles. The van der Waals surface area contributed by atoms with Crippen LogP contribution in [0.3, 0.4) is 0 Å². The number of methoxy groups -OCH3 is 1. The molecule has 0 fully saturated rings. The fraction of sp³-hybridized carbons (Fsp3) is 0.333. The molecule has 5 heteroatoms. The summed E-state index contributed by atoms with van der Waals surface area (Å²) in [5, 5.41) is 9.67. The van der Waals surface area contributed by atoms with Gasteiger partial charge in [0, 0.05) is 19.3 Å². The van der Waals surface area contributed by atoms with Crippen molar-refractivity contribution < 1.29 is 14.6 Å². The largest absolute Gasteiger partial charge is 0.467 e. The molecule has 17 heavy (non-hydrogen) atoms. The molecule has 1 aromatic rings. The van der Waals surface area contributed by atoms with E-state index in [0.29, 0.717) is 27.8 Å². The van der Waals surface area contributed by atoms with Crippen LogP contribution in [0.5, 0.6) is 5.75 Å². The first-order valence-electron chi connectivity index (χ1n) is 5.07. The van der Waals surface area contributed by atoms with Crippen LogP contribution in [0.2, 0.25) is 10.0 Å². The van der Waals surface area contributed by atoms with Gasteiger partial charge in [0.1, 0.15) is 5.75 Å². The Kier molecular flexibility index (Phi) is 6.37. The lowest BCUT2D eigenvalue weighted by atomic mass is 10.2. The topological polar surface area (TPSA) is 38.7 Å². The smallest absolute Gasteiger partial charge is 0.188 e. The van der Waals surface area contributed by atoms with Gasteiger partial charge >= 0.3 is 0 Å². The second kappa shape index (κ2) is 7.56. The maximum atomic E-state index is 8.67. The summed E-state index contributed by atoms with van der Waals surface area (Å²) in [6, 6.07) is 3.34. The molecule has 0 aromatic heterocycles. The highest BCUT2D eigenvalue weighted by Gasteiger charge is 2.06. The maximum absolute atomic E-state index is 8.67. The van der Waals surface area contributed by atoms with Crippen LogP contribution in [0.15, 0.2) is 18.2 Å². The van der Waals surface area contributed by atoms with Crippen LogP contribution in [0.4, 0.5) is 0 Å². The highest BCUT2D eigenvalue weighted by Crippen LogP contribution is 2.31. The van der Waals surface area contributed by atoms with Gasteiger partial charge in [-0.25, -0.2) is 0 Å². The average Bonchev–Trinajstić information content (AvgIpc) is 2.30. The van der Waals surface area contributed by atoms with Gasteiger partial charge in [0.25, 0.3) is 0 Å². The van der Waals surface area contributed by atoms with Crippen molar-refractivity contribution in [2.24, 2.45) is 0 Å².